The molecule has 2 rings (SSSR count). The molecule has 10 heteroatoms. The van der Waals surface area contributed by atoms with E-state index in [4.69, 9.17) is 9.47 Å². The van der Waals surface area contributed by atoms with E-state index in [1.807, 2.05) is 29.5 Å². The van der Waals surface area contributed by atoms with E-state index in [0.29, 0.717) is 15.6 Å². The van der Waals surface area contributed by atoms with Crippen molar-refractivity contribution in [1.29, 1.82) is 0 Å². The standard InChI is InChI=1S/C17H20IN3O5S/c1-5-7-26-16(23)11-9(3)13(17(24)25-6-2)27-15(11)19-14(22)12-10(18)8-21(4)20-12/h8H,5-7H2,1-4H3,(H,19,22). The normalized spacial score (nSPS) is 10.6. The van der Waals surface area contributed by atoms with Crippen molar-refractivity contribution in [2.24, 2.45) is 7.05 Å². The van der Waals surface area contributed by atoms with Crippen LogP contribution in [0.1, 0.15) is 56.3 Å². The first kappa shape index (κ1) is 21.4. The van der Waals surface area contributed by atoms with Gasteiger partial charge in [-0.25, -0.2) is 9.59 Å². The average Bonchev–Trinajstić information content (AvgIpc) is 3.11. The molecule has 2 aromatic rings. The number of aromatic nitrogens is 2. The van der Waals surface area contributed by atoms with E-state index >= 15 is 0 Å². The number of thiophene rings is 1. The second-order valence-corrected chi connectivity index (χ2v) is 7.75. The highest BCUT2D eigenvalue weighted by Gasteiger charge is 2.28. The van der Waals surface area contributed by atoms with E-state index in [0.717, 1.165) is 11.3 Å². The SMILES string of the molecule is CCCOC(=O)c1c(NC(=O)c2nn(C)cc2I)sc(C(=O)OCC)c1C. The number of halogens is 1. The van der Waals surface area contributed by atoms with Gasteiger partial charge in [0, 0.05) is 13.2 Å². The lowest BCUT2D eigenvalue weighted by Crippen LogP contribution is -2.16. The number of esters is 2. The Bertz CT molecular complexity index is 874. The van der Waals surface area contributed by atoms with Crippen molar-refractivity contribution in [3.8, 4) is 0 Å². The summed E-state index contributed by atoms with van der Waals surface area (Å²) in [5.41, 5.74) is 0.816. The van der Waals surface area contributed by atoms with Gasteiger partial charge in [-0.1, -0.05) is 6.92 Å². The Kier molecular flexibility index (Phi) is 7.36. The Morgan fingerprint density at radius 2 is 1.96 bits per heavy atom. The fourth-order valence-electron chi connectivity index (χ4n) is 2.28. The van der Waals surface area contributed by atoms with Crippen molar-refractivity contribution in [2.75, 3.05) is 18.5 Å². The van der Waals surface area contributed by atoms with Crippen molar-refractivity contribution in [2.45, 2.75) is 27.2 Å². The summed E-state index contributed by atoms with van der Waals surface area (Å²) in [6.45, 7) is 5.66. The van der Waals surface area contributed by atoms with Gasteiger partial charge in [0.15, 0.2) is 5.69 Å². The van der Waals surface area contributed by atoms with E-state index in [1.165, 1.54) is 4.68 Å². The van der Waals surface area contributed by atoms with Crippen LogP contribution < -0.4 is 5.32 Å². The van der Waals surface area contributed by atoms with E-state index in [9.17, 15) is 14.4 Å². The molecule has 0 aliphatic heterocycles. The number of nitrogens with zero attached hydrogens (tertiary/aromatic N) is 2. The van der Waals surface area contributed by atoms with E-state index < -0.39 is 17.8 Å². The van der Waals surface area contributed by atoms with Crippen LogP contribution >= 0.6 is 33.9 Å². The molecular formula is C17H20IN3O5S. The molecule has 0 aliphatic rings. The van der Waals surface area contributed by atoms with Crippen molar-refractivity contribution in [3.05, 3.63) is 31.5 Å². The third-order valence-corrected chi connectivity index (χ3v) is 5.45. The average molecular weight is 505 g/mol. The van der Waals surface area contributed by atoms with Gasteiger partial charge in [0.1, 0.15) is 9.88 Å². The molecule has 146 valence electrons. The zero-order valence-electron chi connectivity index (χ0n) is 15.4. The van der Waals surface area contributed by atoms with Crippen LogP contribution in [0.5, 0.6) is 0 Å². The van der Waals surface area contributed by atoms with Crippen LogP contribution in [0, 0.1) is 10.5 Å². The van der Waals surface area contributed by atoms with Crippen molar-refractivity contribution < 1.29 is 23.9 Å². The number of hydrogen-bond donors (Lipinski definition) is 1. The number of anilines is 1. The fourth-order valence-corrected chi connectivity index (χ4v) is 4.12. The van der Waals surface area contributed by atoms with Crippen LogP contribution in [-0.2, 0) is 16.5 Å². The number of nitrogens with one attached hydrogen (secondary N) is 1. The lowest BCUT2D eigenvalue weighted by molar-refractivity contribution is 0.0506. The van der Waals surface area contributed by atoms with Crippen molar-refractivity contribution >= 4 is 56.8 Å². The Hall–Kier alpha value is -1.95. The molecule has 0 saturated carbocycles. The molecule has 0 spiro atoms. The molecule has 1 N–H and O–H groups in total. The van der Waals surface area contributed by atoms with Crippen LogP contribution in [-0.4, -0.2) is 40.8 Å². The maximum atomic E-state index is 12.6. The topological polar surface area (TPSA) is 99.5 Å². The Morgan fingerprint density at radius 3 is 2.52 bits per heavy atom. The molecule has 0 atom stereocenters. The van der Waals surface area contributed by atoms with Crippen LogP contribution in [0.4, 0.5) is 5.00 Å². The predicted octanol–water partition coefficient (Wildman–Crippen LogP) is 3.39. The first-order valence-electron chi connectivity index (χ1n) is 8.28. The highest BCUT2D eigenvalue weighted by molar-refractivity contribution is 14.1. The van der Waals surface area contributed by atoms with Crippen molar-refractivity contribution in [3.63, 3.8) is 0 Å². The maximum Gasteiger partial charge on any atom is 0.348 e. The van der Waals surface area contributed by atoms with Gasteiger partial charge in [-0.05, 0) is 48.4 Å². The van der Waals surface area contributed by atoms with E-state index in [2.05, 4.69) is 10.4 Å². The molecule has 27 heavy (non-hydrogen) atoms. The number of carbonyl (C=O) groups excluding carboxylic acids is 3. The maximum absolute atomic E-state index is 12.6. The molecular weight excluding hydrogens is 485 g/mol. The second kappa shape index (κ2) is 9.31. The molecule has 8 nitrogen and oxygen atoms in total. The first-order valence-corrected chi connectivity index (χ1v) is 10.2. The Labute approximate surface area is 174 Å². The quantitative estimate of drug-likeness (QED) is 0.458. The third-order valence-electron chi connectivity index (χ3n) is 3.48. The van der Waals surface area contributed by atoms with Gasteiger partial charge in [-0.15, -0.1) is 11.3 Å². The zero-order chi connectivity index (χ0) is 20.1. The fraction of sp³-hybridized carbons (Fsp3) is 0.412. The highest BCUT2D eigenvalue weighted by atomic mass is 127. The van der Waals surface area contributed by atoms with Crippen LogP contribution in [0.15, 0.2) is 6.20 Å². The number of ether oxygens (including phenoxy) is 2. The monoisotopic (exact) mass is 505 g/mol. The van der Waals surface area contributed by atoms with Gasteiger partial charge in [0.25, 0.3) is 5.91 Å². The number of hydrogen-bond acceptors (Lipinski definition) is 7. The largest absolute Gasteiger partial charge is 0.462 e. The molecule has 0 radical (unpaired) electrons. The highest BCUT2D eigenvalue weighted by Crippen LogP contribution is 2.34. The predicted molar refractivity (Wildman–Crippen MR) is 109 cm³/mol. The number of carbonyl (C=O) groups is 3. The summed E-state index contributed by atoms with van der Waals surface area (Å²) in [5, 5.41) is 7.04. The van der Waals surface area contributed by atoms with Crippen LogP contribution in [0.3, 0.4) is 0 Å². The summed E-state index contributed by atoms with van der Waals surface area (Å²) in [6.07, 6.45) is 2.36. The number of rotatable bonds is 7. The molecule has 2 heterocycles. The summed E-state index contributed by atoms with van der Waals surface area (Å²) in [4.78, 5) is 37.5. The molecule has 1 amide bonds. The van der Waals surface area contributed by atoms with Gasteiger partial charge < -0.3 is 14.8 Å². The molecule has 0 unspecified atom stereocenters. The van der Waals surface area contributed by atoms with Gasteiger partial charge >= 0.3 is 11.9 Å². The third kappa shape index (κ3) is 4.86. The van der Waals surface area contributed by atoms with E-state index in [1.54, 1.807) is 27.1 Å². The van der Waals surface area contributed by atoms with Gasteiger partial charge in [0.05, 0.1) is 22.3 Å². The van der Waals surface area contributed by atoms with Gasteiger partial charge in [-0.2, -0.15) is 5.10 Å². The molecule has 0 fully saturated rings. The Balaban J connectivity index is 2.41. The molecule has 0 aromatic carbocycles. The number of amides is 1. The molecule has 0 aliphatic carbocycles. The lowest BCUT2D eigenvalue weighted by Gasteiger charge is -2.07. The summed E-state index contributed by atoms with van der Waals surface area (Å²) in [5.74, 6) is -1.61. The molecule has 0 saturated heterocycles. The minimum atomic E-state index is -0.591. The summed E-state index contributed by atoms with van der Waals surface area (Å²) in [7, 11) is 1.71. The summed E-state index contributed by atoms with van der Waals surface area (Å²) >= 11 is 2.99. The van der Waals surface area contributed by atoms with E-state index in [-0.39, 0.29) is 34.3 Å². The first-order chi connectivity index (χ1) is 12.8. The summed E-state index contributed by atoms with van der Waals surface area (Å²) < 4.78 is 12.4. The molecule has 2 aromatic heterocycles. The zero-order valence-corrected chi connectivity index (χ0v) is 18.4. The van der Waals surface area contributed by atoms with Gasteiger partial charge in [0.2, 0.25) is 0 Å². The number of aryl methyl sites for hydroxylation is 1. The van der Waals surface area contributed by atoms with Crippen LogP contribution in [0.2, 0.25) is 0 Å². The second-order valence-electron chi connectivity index (χ2n) is 5.57. The minimum Gasteiger partial charge on any atom is -0.462 e. The van der Waals surface area contributed by atoms with Gasteiger partial charge in [-0.3, -0.25) is 9.48 Å². The van der Waals surface area contributed by atoms with Crippen molar-refractivity contribution in [1.82, 2.24) is 9.78 Å². The lowest BCUT2D eigenvalue weighted by atomic mass is 10.1. The van der Waals surface area contributed by atoms with Crippen LogP contribution in [0.25, 0.3) is 0 Å². The molecule has 0 bridgehead atoms. The smallest absolute Gasteiger partial charge is 0.348 e. The summed E-state index contributed by atoms with van der Waals surface area (Å²) in [6, 6.07) is 0. The minimum absolute atomic E-state index is 0.163. The Morgan fingerprint density at radius 1 is 1.26 bits per heavy atom.